The number of allylic oxidation sites excluding steroid dienone is 1. The Bertz CT molecular complexity index is 1110. The summed E-state index contributed by atoms with van der Waals surface area (Å²) in [6.45, 7) is 0.0485. The van der Waals surface area contributed by atoms with Gasteiger partial charge in [-0.25, -0.2) is 8.78 Å². The van der Waals surface area contributed by atoms with Crippen LogP contribution in [0.1, 0.15) is 16.7 Å². The van der Waals surface area contributed by atoms with E-state index in [4.69, 9.17) is 9.47 Å². The fraction of sp³-hybridized carbons (Fsp3) is 0.0870. The van der Waals surface area contributed by atoms with Gasteiger partial charge in [-0.3, -0.25) is 0 Å². The zero-order chi connectivity index (χ0) is 20.8. The molecule has 3 aromatic rings. The third-order valence-corrected chi connectivity index (χ3v) is 4.98. The maximum absolute atomic E-state index is 14.0. The summed E-state index contributed by atoms with van der Waals surface area (Å²) in [5, 5.41) is 9.47. The molecule has 0 spiro atoms. The molecule has 0 heterocycles. The van der Waals surface area contributed by atoms with Gasteiger partial charge in [0.05, 0.1) is 22.3 Å². The fourth-order valence-corrected chi connectivity index (χ4v) is 3.53. The second kappa shape index (κ2) is 9.52. The summed E-state index contributed by atoms with van der Waals surface area (Å²) < 4.78 is 39.8. The lowest BCUT2D eigenvalue weighted by Gasteiger charge is -2.14. The minimum absolute atomic E-state index is 0.0485. The zero-order valence-corrected chi connectivity index (χ0v) is 17.6. The fourth-order valence-electron chi connectivity index (χ4n) is 2.75. The highest BCUT2D eigenvalue weighted by Crippen LogP contribution is 2.36. The molecule has 3 nitrogen and oxygen atoms in total. The summed E-state index contributed by atoms with van der Waals surface area (Å²) in [7, 11) is 1.50. The molecule has 0 saturated heterocycles. The Labute approximate surface area is 181 Å². The lowest BCUT2D eigenvalue weighted by molar-refractivity contribution is 0.277. The summed E-state index contributed by atoms with van der Waals surface area (Å²) >= 11 is 2.08. The first-order valence-corrected chi connectivity index (χ1v) is 9.71. The van der Waals surface area contributed by atoms with Gasteiger partial charge in [0.1, 0.15) is 18.2 Å². The van der Waals surface area contributed by atoms with Crippen molar-refractivity contribution in [2.45, 2.75) is 6.61 Å². The van der Waals surface area contributed by atoms with E-state index in [0.717, 1.165) is 3.57 Å². The molecule has 0 saturated carbocycles. The number of hydrogen-bond acceptors (Lipinski definition) is 3. The van der Waals surface area contributed by atoms with Gasteiger partial charge in [-0.2, -0.15) is 5.26 Å². The summed E-state index contributed by atoms with van der Waals surface area (Å²) in [6, 6.07) is 18.0. The highest BCUT2D eigenvalue weighted by atomic mass is 127. The molecule has 0 atom stereocenters. The van der Waals surface area contributed by atoms with Gasteiger partial charge in [0.15, 0.2) is 11.5 Å². The Hall–Kier alpha value is -2.92. The van der Waals surface area contributed by atoms with Gasteiger partial charge in [0.2, 0.25) is 0 Å². The van der Waals surface area contributed by atoms with Crippen LogP contribution in [0.3, 0.4) is 0 Å². The molecule has 0 radical (unpaired) electrons. The standard InChI is InChI=1S/C23H16F2INO2/c1-28-22-12-15(10-17(13-27)18-7-3-5-9-20(18)25)11-21(26)23(22)29-14-16-6-2-4-8-19(16)24/h2-12H,14H2,1H3/b17-10-. The molecule has 0 aliphatic rings. The Kier molecular flexibility index (Phi) is 6.83. The summed E-state index contributed by atoms with van der Waals surface area (Å²) in [5.41, 5.74) is 1.51. The van der Waals surface area contributed by atoms with Gasteiger partial charge in [-0.05, 0) is 58.5 Å². The van der Waals surface area contributed by atoms with Crippen LogP contribution in [-0.2, 0) is 6.61 Å². The zero-order valence-electron chi connectivity index (χ0n) is 15.5. The SMILES string of the molecule is COc1cc(/C=C(/C#N)c2ccccc2F)cc(I)c1OCc1ccccc1F. The number of rotatable bonds is 6. The van der Waals surface area contributed by atoms with Crippen molar-refractivity contribution in [2.75, 3.05) is 7.11 Å². The third-order valence-electron chi connectivity index (χ3n) is 4.18. The molecule has 0 aromatic heterocycles. The van der Waals surface area contributed by atoms with Gasteiger partial charge in [0, 0.05) is 11.1 Å². The van der Waals surface area contributed by atoms with Gasteiger partial charge in [-0.1, -0.05) is 36.4 Å². The van der Waals surface area contributed by atoms with Gasteiger partial charge in [-0.15, -0.1) is 0 Å². The van der Waals surface area contributed by atoms with Gasteiger partial charge < -0.3 is 9.47 Å². The molecule has 0 amide bonds. The number of ether oxygens (including phenoxy) is 2. The minimum atomic E-state index is -0.466. The Morgan fingerprint density at radius 2 is 1.76 bits per heavy atom. The first kappa shape index (κ1) is 20.8. The van der Waals surface area contributed by atoms with Crippen LogP contribution in [0, 0.1) is 26.5 Å². The molecule has 0 N–H and O–H groups in total. The summed E-state index contributed by atoms with van der Waals surface area (Å²) in [6.07, 6.45) is 1.59. The molecule has 0 fully saturated rings. The van der Waals surface area contributed by atoms with Crippen molar-refractivity contribution in [3.8, 4) is 17.6 Å². The molecular formula is C23H16F2INO2. The monoisotopic (exact) mass is 503 g/mol. The van der Waals surface area contributed by atoms with E-state index < -0.39 is 5.82 Å². The van der Waals surface area contributed by atoms with Crippen LogP contribution in [-0.4, -0.2) is 7.11 Å². The van der Waals surface area contributed by atoms with Crippen LogP contribution in [0.5, 0.6) is 11.5 Å². The van der Waals surface area contributed by atoms with E-state index in [0.29, 0.717) is 22.6 Å². The lowest BCUT2D eigenvalue weighted by Crippen LogP contribution is -2.02. The maximum Gasteiger partial charge on any atom is 0.174 e. The number of halogens is 3. The second-order valence-corrected chi connectivity index (χ2v) is 7.23. The molecule has 0 unspecified atom stereocenters. The van der Waals surface area contributed by atoms with Crippen LogP contribution < -0.4 is 9.47 Å². The van der Waals surface area contributed by atoms with Gasteiger partial charge >= 0.3 is 0 Å². The van der Waals surface area contributed by atoms with E-state index in [2.05, 4.69) is 22.6 Å². The van der Waals surface area contributed by atoms with E-state index in [9.17, 15) is 14.0 Å². The van der Waals surface area contributed by atoms with Crippen LogP contribution in [0.4, 0.5) is 8.78 Å². The molecule has 146 valence electrons. The van der Waals surface area contributed by atoms with Crippen molar-refractivity contribution in [1.82, 2.24) is 0 Å². The minimum Gasteiger partial charge on any atom is -0.493 e. The number of hydrogen-bond donors (Lipinski definition) is 0. The Morgan fingerprint density at radius 3 is 2.41 bits per heavy atom. The van der Waals surface area contributed by atoms with Gasteiger partial charge in [0.25, 0.3) is 0 Å². The molecule has 0 aliphatic carbocycles. The van der Waals surface area contributed by atoms with Crippen molar-refractivity contribution >= 4 is 34.2 Å². The predicted octanol–water partition coefficient (Wildman–Crippen LogP) is 6.22. The molecule has 3 rings (SSSR count). The van der Waals surface area contributed by atoms with Crippen LogP contribution in [0.2, 0.25) is 0 Å². The van der Waals surface area contributed by atoms with Crippen molar-refractivity contribution in [2.24, 2.45) is 0 Å². The van der Waals surface area contributed by atoms with E-state index in [1.807, 2.05) is 6.07 Å². The average molecular weight is 503 g/mol. The predicted molar refractivity (Wildman–Crippen MR) is 116 cm³/mol. The van der Waals surface area contributed by atoms with Crippen LogP contribution in [0.15, 0.2) is 60.7 Å². The normalized spacial score (nSPS) is 11.1. The van der Waals surface area contributed by atoms with E-state index >= 15 is 0 Å². The van der Waals surface area contributed by atoms with Crippen LogP contribution >= 0.6 is 22.6 Å². The number of nitrogens with zero attached hydrogens (tertiary/aromatic N) is 1. The van der Waals surface area contributed by atoms with Crippen LogP contribution in [0.25, 0.3) is 11.6 Å². The molecule has 6 heteroatoms. The molecule has 0 aliphatic heterocycles. The van der Waals surface area contributed by atoms with Crippen molar-refractivity contribution in [1.29, 1.82) is 5.26 Å². The Morgan fingerprint density at radius 1 is 1.07 bits per heavy atom. The highest BCUT2D eigenvalue weighted by Gasteiger charge is 2.14. The topological polar surface area (TPSA) is 42.2 Å². The summed E-state index contributed by atoms with van der Waals surface area (Å²) in [4.78, 5) is 0. The number of nitriles is 1. The number of benzene rings is 3. The molecular weight excluding hydrogens is 487 g/mol. The van der Waals surface area contributed by atoms with E-state index in [-0.39, 0.29) is 23.6 Å². The van der Waals surface area contributed by atoms with Crippen molar-refractivity contribution in [3.05, 3.63) is 92.6 Å². The first-order chi connectivity index (χ1) is 14.0. The average Bonchev–Trinajstić information content (AvgIpc) is 2.72. The smallest absolute Gasteiger partial charge is 0.174 e. The third kappa shape index (κ3) is 4.93. The quantitative estimate of drug-likeness (QED) is 0.228. The van der Waals surface area contributed by atoms with Crippen molar-refractivity contribution < 1.29 is 18.3 Å². The maximum atomic E-state index is 14.0. The Balaban J connectivity index is 1.93. The second-order valence-electron chi connectivity index (χ2n) is 6.06. The number of methoxy groups -OCH3 is 1. The molecule has 29 heavy (non-hydrogen) atoms. The highest BCUT2D eigenvalue weighted by molar-refractivity contribution is 14.1. The first-order valence-electron chi connectivity index (χ1n) is 8.64. The largest absolute Gasteiger partial charge is 0.493 e. The van der Waals surface area contributed by atoms with E-state index in [1.165, 1.54) is 19.2 Å². The van der Waals surface area contributed by atoms with E-state index in [1.54, 1.807) is 54.6 Å². The molecule has 0 bridgehead atoms. The molecule has 3 aromatic carbocycles. The lowest BCUT2D eigenvalue weighted by atomic mass is 10.0. The van der Waals surface area contributed by atoms with Crippen molar-refractivity contribution in [3.63, 3.8) is 0 Å². The summed E-state index contributed by atoms with van der Waals surface area (Å²) in [5.74, 6) is 0.0968.